The molecule has 0 aliphatic heterocycles. The lowest BCUT2D eigenvalue weighted by Crippen LogP contribution is -2.23. The van der Waals surface area contributed by atoms with Gasteiger partial charge < -0.3 is 10.1 Å². The molecule has 0 radical (unpaired) electrons. The lowest BCUT2D eigenvalue weighted by atomic mass is 9.96. The highest BCUT2D eigenvalue weighted by Crippen LogP contribution is 2.32. The third-order valence-corrected chi connectivity index (χ3v) is 3.61. The van der Waals surface area contributed by atoms with Crippen molar-refractivity contribution >= 4 is 11.6 Å². The Balaban J connectivity index is 2.55. The van der Waals surface area contributed by atoms with Crippen LogP contribution >= 0.6 is 11.6 Å². The van der Waals surface area contributed by atoms with E-state index in [0.717, 1.165) is 16.9 Å². The van der Waals surface area contributed by atoms with Crippen molar-refractivity contribution in [2.45, 2.75) is 19.9 Å². The van der Waals surface area contributed by atoms with Gasteiger partial charge in [-0.25, -0.2) is 4.39 Å². The topological polar surface area (TPSA) is 21.3 Å². The Morgan fingerprint density at radius 3 is 2.57 bits per heavy atom. The summed E-state index contributed by atoms with van der Waals surface area (Å²) in [5, 5.41) is 3.71. The SMILES string of the molecule is CCNC(c1ccc(Cl)cc1F)c1cc(C)ccc1OC. The standard InChI is InChI=1S/C17H19ClFNO/c1-4-20-17(13-7-6-12(18)10-15(13)19)14-9-11(2)5-8-16(14)21-3/h5-10,17,20H,4H2,1-3H3. The summed E-state index contributed by atoms with van der Waals surface area (Å²) in [6, 6.07) is 10.4. The highest BCUT2D eigenvalue weighted by atomic mass is 35.5. The second kappa shape index (κ2) is 6.92. The molecule has 112 valence electrons. The van der Waals surface area contributed by atoms with Crippen molar-refractivity contribution in [2.75, 3.05) is 13.7 Å². The molecule has 2 aromatic rings. The summed E-state index contributed by atoms with van der Waals surface area (Å²) in [7, 11) is 1.62. The first kappa shape index (κ1) is 15.8. The lowest BCUT2D eigenvalue weighted by molar-refractivity contribution is 0.403. The van der Waals surface area contributed by atoms with Crippen LogP contribution in [0.2, 0.25) is 5.02 Å². The summed E-state index contributed by atoms with van der Waals surface area (Å²) >= 11 is 5.84. The van der Waals surface area contributed by atoms with Gasteiger partial charge in [-0.15, -0.1) is 0 Å². The van der Waals surface area contributed by atoms with Gasteiger partial charge in [-0.05, 0) is 31.7 Å². The molecule has 1 atom stereocenters. The van der Waals surface area contributed by atoms with Gasteiger partial charge >= 0.3 is 0 Å². The number of aryl methyl sites for hydroxylation is 1. The largest absolute Gasteiger partial charge is 0.496 e. The number of hydrogen-bond acceptors (Lipinski definition) is 2. The first-order valence-electron chi connectivity index (χ1n) is 6.89. The maximum absolute atomic E-state index is 14.3. The smallest absolute Gasteiger partial charge is 0.129 e. The molecule has 0 amide bonds. The normalized spacial score (nSPS) is 12.2. The number of methoxy groups -OCH3 is 1. The number of nitrogens with one attached hydrogen (secondary N) is 1. The van der Waals surface area contributed by atoms with Crippen molar-refractivity contribution in [3.05, 3.63) is 63.9 Å². The van der Waals surface area contributed by atoms with Crippen LogP contribution < -0.4 is 10.1 Å². The van der Waals surface area contributed by atoms with Crippen LogP contribution in [0.15, 0.2) is 36.4 Å². The van der Waals surface area contributed by atoms with E-state index in [1.54, 1.807) is 19.2 Å². The zero-order valence-corrected chi connectivity index (χ0v) is 13.2. The van der Waals surface area contributed by atoms with E-state index >= 15 is 0 Å². The predicted molar refractivity (Wildman–Crippen MR) is 84.7 cm³/mol. The molecule has 0 aliphatic rings. The Morgan fingerprint density at radius 1 is 1.19 bits per heavy atom. The van der Waals surface area contributed by atoms with E-state index in [1.807, 2.05) is 32.0 Å². The molecule has 0 fully saturated rings. The molecule has 0 heterocycles. The van der Waals surface area contributed by atoms with Crippen LogP contribution in [0.5, 0.6) is 5.75 Å². The fourth-order valence-corrected chi connectivity index (χ4v) is 2.57. The summed E-state index contributed by atoms with van der Waals surface area (Å²) in [4.78, 5) is 0. The Morgan fingerprint density at radius 2 is 1.95 bits per heavy atom. The number of hydrogen-bond donors (Lipinski definition) is 1. The quantitative estimate of drug-likeness (QED) is 0.878. The van der Waals surface area contributed by atoms with Crippen molar-refractivity contribution in [1.29, 1.82) is 0 Å². The summed E-state index contributed by atoms with van der Waals surface area (Å²) < 4.78 is 19.7. The molecule has 2 nitrogen and oxygen atoms in total. The number of ether oxygens (including phenoxy) is 1. The molecular formula is C17H19ClFNO. The monoisotopic (exact) mass is 307 g/mol. The molecule has 0 saturated heterocycles. The third-order valence-electron chi connectivity index (χ3n) is 3.38. The van der Waals surface area contributed by atoms with Crippen molar-refractivity contribution in [3.8, 4) is 5.75 Å². The van der Waals surface area contributed by atoms with E-state index in [4.69, 9.17) is 16.3 Å². The molecule has 0 bridgehead atoms. The maximum Gasteiger partial charge on any atom is 0.129 e. The molecule has 1 N–H and O–H groups in total. The van der Waals surface area contributed by atoms with Crippen LogP contribution in [0.1, 0.15) is 29.7 Å². The van der Waals surface area contributed by atoms with E-state index in [2.05, 4.69) is 5.32 Å². The van der Waals surface area contributed by atoms with Crippen LogP contribution in [-0.4, -0.2) is 13.7 Å². The van der Waals surface area contributed by atoms with Gasteiger partial charge in [0.25, 0.3) is 0 Å². The molecule has 0 spiro atoms. The lowest BCUT2D eigenvalue weighted by Gasteiger charge is -2.22. The van der Waals surface area contributed by atoms with Gasteiger partial charge in [-0.1, -0.05) is 42.3 Å². The van der Waals surface area contributed by atoms with E-state index < -0.39 is 0 Å². The van der Waals surface area contributed by atoms with Gasteiger partial charge in [-0.2, -0.15) is 0 Å². The second-order valence-electron chi connectivity index (χ2n) is 4.90. The summed E-state index contributed by atoms with van der Waals surface area (Å²) in [6.45, 7) is 4.71. The van der Waals surface area contributed by atoms with Crippen LogP contribution in [0.4, 0.5) is 4.39 Å². The van der Waals surface area contributed by atoms with E-state index in [1.165, 1.54) is 6.07 Å². The van der Waals surface area contributed by atoms with E-state index in [0.29, 0.717) is 17.1 Å². The Hall–Kier alpha value is -1.58. The summed E-state index contributed by atoms with van der Waals surface area (Å²) in [5.74, 6) is 0.415. The summed E-state index contributed by atoms with van der Waals surface area (Å²) in [5.41, 5.74) is 2.58. The average molecular weight is 308 g/mol. The van der Waals surface area contributed by atoms with E-state index in [-0.39, 0.29) is 11.9 Å². The first-order valence-corrected chi connectivity index (χ1v) is 7.27. The molecule has 4 heteroatoms. The predicted octanol–water partition coefficient (Wildman–Crippen LogP) is 4.50. The zero-order valence-electron chi connectivity index (χ0n) is 12.4. The van der Waals surface area contributed by atoms with Crippen molar-refractivity contribution in [3.63, 3.8) is 0 Å². The molecule has 0 aliphatic carbocycles. The molecule has 0 saturated carbocycles. The average Bonchev–Trinajstić information content (AvgIpc) is 2.45. The molecule has 21 heavy (non-hydrogen) atoms. The van der Waals surface area contributed by atoms with Gasteiger partial charge in [0.1, 0.15) is 11.6 Å². The third kappa shape index (κ3) is 3.55. The Kier molecular flexibility index (Phi) is 5.21. The van der Waals surface area contributed by atoms with Gasteiger partial charge in [-0.3, -0.25) is 0 Å². The molecule has 0 aromatic heterocycles. The van der Waals surface area contributed by atoms with Gasteiger partial charge in [0.2, 0.25) is 0 Å². The van der Waals surface area contributed by atoms with Crippen molar-refractivity contribution < 1.29 is 9.13 Å². The fourth-order valence-electron chi connectivity index (χ4n) is 2.41. The van der Waals surface area contributed by atoms with Gasteiger partial charge in [0.15, 0.2) is 0 Å². The molecular weight excluding hydrogens is 289 g/mol. The van der Waals surface area contributed by atoms with Crippen LogP contribution in [-0.2, 0) is 0 Å². The minimum atomic E-state index is -0.322. The molecule has 2 aromatic carbocycles. The van der Waals surface area contributed by atoms with Crippen LogP contribution in [0.3, 0.4) is 0 Å². The Labute approximate surface area is 129 Å². The minimum absolute atomic E-state index is 0.276. The number of halogens is 2. The molecule has 1 unspecified atom stereocenters. The maximum atomic E-state index is 14.3. The Bertz CT molecular complexity index is 630. The van der Waals surface area contributed by atoms with Crippen LogP contribution in [0.25, 0.3) is 0 Å². The van der Waals surface area contributed by atoms with Crippen molar-refractivity contribution in [2.24, 2.45) is 0 Å². The van der Waals surface area contributed by atoms with Crippen LogP contribution in [0, 0.1) is 12.7 Å². The van der Waals surface area contributed by atoms with Gasteiger partial charge in [0, 0.05) is 16.1 Å². The minimum Gasteiger partial charge on any atom is -0.496 e. The second-order valence-corrected chi connectivity index (χ2v) is 5.34. The number of rotatable bonds is 5. The first-order chi connectivity index (χ1) is 10.1. The molecule has 2 rings (SSSR count). The summed E-state index contributed by atoms with van der Waals surface area (Å²) in [6.07, 6.45) is 0. The van der Waals surface area contributed by atoms with Crippen molar-refractivity contribution in [1.82, 2.24) is 5.32 Å². The highest BCUT2D eigenvalue weighted by molar-refractivity contribution is 6.30. The van der Waals surface area contributed by atoms with E-state index in [9.17, 15) is 4.39 Å². The zero-order chi connectivity index (χ0) is 15.4. The highest BCUT2D eigenvalue weighted by Gasteiger charge is 2.21. The fraction of sp³-hybridized carbons (Fsp3) is 0.294. The number of benzene rings is 2. The van der Waals surface area contributed by atoms with Gasteiger partial charge in [0.05, 0.1) is 13.2 Å².